The molecule has 1 atom stereocenters. The third kappa shape index (κ3) is 3.00. The number of carbonyl (C=O) groups is 1. The van der Waals surface area contributed by atoms with Crippen LogP contribution in [0, 0.1) is 0 Å². The molecule has 1 aromatic carbocycles. The Morgan fingerprint density at radius 1 is 1.59 bits per heavy atom. The van der Waals surface area contributed by atoms with Crippen molar-refractivity contribution in [2.24, 2.45) is 0 Å². The lowest BCUT2D eigenvalue weighted by atomic mass is 10.2. The van der Waals surface area contributed by atoms with Crippen molar-refractivity contribution in [1.82, 2.24) is 4.90 Å². The Morgan fingerprint density at radius 3 is 3.06 bits per heavy atom. The maximum atomic E-state index is 11.1. The fourth-order valence-corrected chi connectivity index (χ4v) is 2.76. The van der Waals surface area contributed by atoms with Gasteiger partial charge in [0, 0.05) is 16.0 Å². The first-order valence-corrected chi connectivity index (χ1v) is 6.66. The maximum Gasteiger partial charge on any atom is 0.320 e. The van der Waals surface area contributed by atoms with Crippen molar-refractivity contribution in [3.8, 4) is 0 Å². The second-order valence-corrected chi connectivity index (χ2v) is 5.53. The molecule has 1 heterocycles. The fraction of sp³-hybridized carbons (Fsp3) is 0.417. The van der Waals surface area contributed by atoms with Gasteiger partial charge in [0.05, 0.1) is 0 Å². The van der Waals surface area contributed by atoms with E-state index in [2.05, 4.69) is 15.9 Å². The number of nitrogens with zero attached hydrogens (tertiary/aromatic N) is 1. The SMILES string of the molecule is O=C(O)C1CCCN1Cc1cc(Br)ccc1Cl. The molecule has 1 unspecified atom stereocenters. The Bertz CT molecular complexity index is 439. The molecule has 1 fully saturated rings. The summed E-state index contributed by atoms with van der Waals surface area (Å²) in [6, 6.07) is 5.28. The molecule has 0 aromatic heterocycles. The summed E-state index contributed by atoms with van der Waals surface area (Å²) in [5, 5.41) is 9.79. The van der Waals surface area contributed by atoms with Crippen molar-refractivity contribution in [1.29, 1.82) is 0 Å². The first-order chi connectivity index (χ1) is 8.08. The van der Waals surface area contributed by atoms with Crippen molar-refractivity contribution >= 4 is 33.5 Å². The van der Waals surface area contributed by atoms with Crippen molar-refractivity contribution in [3.63, 3.8) is 0 Å². The zero-order valence-corrected chi connectivity index (χ0v) is 11.5. The summed E-state index contributed by atoms with van der Waals surface area (Å²) in [4.78, 5) is 13.0. The van der Waals surface area contributed by atoms with Crippen LogP contribution in [0.5, 0.6) is 0 Å². The number of carboxylic acids is 1. The van der Waals surface area contributed by atoms with Gasteiger partial charge in [0.15, 0.2) is 0 Å². The predicted molar refractivity (Wildman–Crippen MR) is 70.2 cm³/mol. The van der Waals surface area contributed by atoms with E-state index < -0.39 is 5.97 Å². The molecule has 1 N–H and O–H groups in total. The van der Waals surface area contributed by atoms with Crippen molar-refractivity contribution < 1.29 is 9.90 Å². The Balaban J connectivity index is 2.15. The Morgan fingerprint density at radius 2 is 2.35 bits per heavy atom. The van der Waals surface area contributed by atoms with E-state index in [1.165, 1.54) is 0 Å². The van der Waals surface area contributed by atoms with E-state index in [-0.39, 0.29) is 6.04 Å². The second-order valence-electron chi connectivity index (χ2n) is 4.20. The molecular weight excluding hydrogens is 305 g/mol. The molecule has 0 spiro atoms. The molecule has 0 saturated carbocycles. The van der Waals surface area contributed by atoms with Gasteiger partial charge in [-0.15, -0.1) is 0 Å². The quantitative estimate of drug-likeness (QED) is 0.930. The summed E-state index contributed by atoms with van der Waals surface area (Å²) < 4.78 is 0.961. The van der Waals surface area contributed by atoms with Crippen molar-refractivity contribution in [3.05, 3.63) is 33.3 Å². The number of halogens is 2. The summed E-state index contributed by atoms with van der Waals surface area (Å²) in [6.45, 7) is 1.41. The molecule has 5 heteroatoms. The van der Waals surface area contributed by atoms with Gasteiger partial charge in [-0.2, -0.15) is 0 Å². The molecule has 1 aliphatic heterocycles. The lowest BCUT2D eigenvalue weighted by Gasteiger charge is -2.21. The van der Waals surface area contributed by atoms with Crippen LogP contribution in [0.15, 0.2) is 22.7 Å². The van der Waals surface area contributed by atoms with Crippen molar-refractivity contribution in [2.45, 2.75) is 25.4 Å². The van der Waals surface area contributed by atoms with Crippen molar-refractivity contribution in [2.75, 3.05) is 6.54 Å². The number of hydrogen-bond donors (Lipinski definition) is 1. The summed E-state index contributed by atoms with van der Waals surface area (Å²) in [7, 11) is 0. The number of likely N-dealkylation sites (tertiary alicyclic amines) is 1. The van der Waals surface area contributed by atoms with E-state index in [1.807, 2.05) is 23.1 Å². The molecule has 3 nitrogen and oxygen atoms in total. The number of rotatable bonds is 3. The minimum absolute atomic E-state index is 0.370. The number of hydrogen-bond acceptors (Lipinski definition) is 2. The molecule has 0 aliphatic carbocycles. The third-order valence-corrected chi connectivity index (χ3v) is 3.89. The average molecular weight is 319 g/mol. The Labute approximate surface area is 114 Å². The first-order valence-electron chi connectivity index (χ1n) is 5.48. The Hall–Kier alpha value is -0.580. The van der Waals surface area contributed by atoms with Gasteiger partial charge < -0.3 is 5.11 Å². The van der Waals surface area contributed by atoms with Crippen LogP contribution in [0.4, 0.5) is 0 Å². The van der Waals surface area contributed by atoms with Gasteiger partial charge >= 0.3 is 5.97 Å². The van der Waals surface area contributed by atoms with E-state index >= 15 is 0 Å². The van der Waals surface area contributed by atoms with Crippen LogP contribution >= 0.6 is 27.5 Å². The van der Waals surface area contributed by atoms with Crippen LogP contribution in [-0.2, 0) is 11.3 Å². The van der Waals surface area contributed by atoms with E-state index in [4.69, 9.17) is 16.7 Å². The van der Waals surface area contributed by atoms with Crippen LogP contribution in [0.25, 0.3) is 0 Å². The summed E-state index contributed by atoms with van der Waals surface area (Å²) in [5.41, 5.74) is 0.967. The molecule has 2 rings (SSSR count). The minimum atomic E-state index is -0.742. The zero-order chi connectivity index (χ0) is 12.4. The molecule has 0 radical (unpaired) electrons. The predicted octanol–water partition coefficient (Wildman–Crippen LogP) is 3.15. The first kappa shape index (κ1) is 12.9. The van der Waals surface area contributed by atoms with E-state index in [0.29, 0.717) is 11.6 Å². The minimum Gasteiger partial charge on any atom is -0.480 e. The standard InChI is InChI=1S/C12H13BrClNO2/c13-9-3-4-10(14)8(6-9)7-15-5-1-2-11(15)12(16)17/h3-4,6,11H,1-2,5,7H2,(H,16,17). The lowest BCUT2D eigenvalue weighted by Crippen LogP contribution is -2.35. The van der Waals surface area contributed by atoms with E-state index in [0.717, 1.165) is 29.4 Å². The van der Waals surface area contributed by atoms with Crippen LogP contribution in [0.3, 0.4) is 0 Å². The summed E-state index contributed by atoms with van der Waals surface area (Å²) in [6.07, 6.45) is 1.66. The highest BCUT2D eigenvalue weighted by Gasteiger charge is 2.30. The topological polar surface area (TPSA) is 40.5 Å². The summed E-state index contributed by atoms with van der Waals surface area (Å²) in [5.74, 6) is -0.742. The highest BCUT2D eigenvalue weighted by Crippen LogP contribution is 2.26. The molecule has 92 valence electrons. The molecule has 0 amide bonds. The average Bonchev–Trinajstić information content (AvgIpc) is 2.71. The Kier molecular flexibility index (Phi) is 4.07. The van der Waals surface area contributed by atoms with E-state index in [9.17, 15) is 4.79 Å². The van der Waals surface area contributed by atoms with Crippen LogP contribution in [-0.4, -0.2) is 28.6 Å². The van der Waals surface area contributed by atoms with Crippen LogP contribution < -0.4 is 0 Å². The van der Waals surface area contributed by atoms with Gasteiger partial charge in [-0.1, -0.05) is 27.5 Å². The summed E-state index contributed by atoms with van der Waals surface area (Å²) >= 11 is 9.50. The third-order valence-electron chi connectivity index (χ3n) is 3.03. The highest BCUT2D eigenvalue weighted by molar-refractivity contribution is 9.10. The molecule has 17 heavy (non-hydrogen) atoms. The largest absolute Gasteiger partial charge is 0.480 e. The maximum absolute atomic E-state index is 11.1. The van der Waals surface area contributed by atoms with Gasteiger partial charge in [0.1, 0.15) is 6.04 Å². The van der Waals surface area contributed by atoms with E-state index in [1.54, 1.807) is 0 Å². The normalized spacial score (nSPS) is 20.7. The molecule has 1 aliphatic rings. The number of aliphatic carboxylic acids is 1. The highest BCUT2D eigenvalue weighted by atomic mass is 79.9. The zero-order valence-electron chi connectivity index (χ0n) is 9.20. The monoisotopic (exact) mass is 317 g/mol. The molecule has 0 bridgehead atoms. The van der Waals surface area contributed by atoms with Gasteiger partial charge in [-0.25, -0.2) is 0 Å². The number of benzene rings is 1. The van der Waals surface area contributed by atoms with Gasteiger partial charge in [0.2, 0.25) is 0 Å². The lowest BCUT2D eigenvalue weighted by molar-refractivity contribution is -0.142. The molecule has 1 saturated heterocycles. The smallest absolute Gasteiger partial charge is 0.320 e. The second kappa shape index (κ2) is 5.38. The van der Waals surface area contributed by atoms with Crippen LogP contribution in [0.1, 0.15) is 18.4 Å². The van der Waals surface area contributed by atoms with Gasteiger partial charge in [-0.05, 0) is 43.1 Å². The molecular formula is C12H13BrClNO2. The van der Waals surface area contributed by atoms with Gasteiger partial charge in [0.25, 0.3) is 0 Å². The van der Waals surface area contributed by atoms with Crippen LogP contribution in [0.2, 0.25) is 5.02 Å². The number of carboxylic acid groups (broad SMARTS) is 1. The van der Waals surface area contributed by atoms with Gasteiger partial charge in [-0.3, -0.25) is 9.69 Å². The molecule has 1 aromatic rings. The fourth-order valence-electron chi connectivity index (χ4n) is 2.18.